The summed E-state index contributed by atoms with van der Waals surface area (Å²) in [6, 6.07) is 1.80. The summed E-state index contributed by atoms with van der Waals surface area (Å²) in [4.78, 5) is 8.45. The molecule has 0 saturated carbocycles. The van der Waals surface area contributed by atoms with Crippen molar-refractivity contribution >= 4 is 17.5 Å². The molecule has 0 aliphatic rings. The van der Waals surface area contributed by atoms with Crippen LogP contribution in [0.4, 0.5) is 5.95 Å². The minimum absolute atomic E-state index is 0.217. The summed E-state index contributed by atoms with van der Waals surface area (Å²) < 4.78 is 5.07. The van der Waals surface area contributed by atoms with Crippen LogP contribution in [0.3, 0.4) is 0 Å². The van der Waals surface area contributed by atoms with Gasteiger partial charge in [-0.25, -0.2) is 4.98 Å². The summed E-state index contributed by atoms with van der Waals surface area (Å²) in [5.74, 6) is 1.19. The van der Waals surface area contributed by atoms with E-state index in [1.807, 2.05) is 13.8 Å². The molecule has 0 fully saturated rings. The van der Waals surface area contributed by atoms with E-state index < -0.39 is 0 Å². The fourth-order valence-electron chi connectivity index (χ4n) is 1.31. The van der Waals surface area contributed by atoms with Crippen molar-refractivity contribution in [2.24, 2.45) is 0 Å². The summed E-state index contributed by atoms with van der Waals surface area (Å²) in [5, 5.41) is 3.37. The van der Waals surface area contributed by atoms with Gasteiger partial charge in [0.1, 0.15) is 0 Å². The molecule has 0 saturated heterocycles. The molecule has 0 spiro atoms. The van der Waals surface area contributed by atoms with Crippen LogP contribution in [0.1, 0.15) is 25.5 Å². The van der Waals surface area contributed by atoms with Crippen molar-refractivity contribution in [3.63, 3.8) is 0 Å². The normalized spacial score (nSPS) is 12.2. The lowest BCUT2D eigenvalue weighted by Gasteiger charge is -2.07. The van der Waals surface area contributed by atoms with Crippen LogP contribution in [0.25, 0.3) is 0 Å². The molecule has 1 heterocycles. The van der Waals surface area contributed by atoms with Crippen molar-refractivity contribution in [1.82, 2.24) is 9.97 Å². The van der Waals surface area contributed by atoms with Crippen molar-refractivity contribution in [1.29, 1.82) is 0 Å². The largest absolute Gasteiger partial charge is 0.481 e. The first-order valence-electron chi connectivity index (χ1n) is 5.39. The Morgan fingerprint density at radius 2 is 2.25 bits per heavy atom. The molecule has 1 rings (SSSR count). The average Bonchev–Trinajstić information content (AvgIpc) is 2.23. The van der Waals surface area contributed by atoms with Gasteiger partial charge < -0.3 is 10.1 Å². The summed E-state index contributed by atoms with van der Waals surface area (Å²) in [7, 11) is 1.60. The van der Waals surface area contributed by atoms with E-state index in [0.717, 1.165) is 25.1 Å². The predicted octanol–water partition coefficient (Wildman–Crippen LogP) is 2.61. The van der Waals surface area contributed by atoms with Crippen molar-refractivity contribution in [3.05, 3.63) is 11.8 Å². The van der Waals surface area contributed by atoms with Crippen LogP contribution in [-0.2, 0) is 0 Å². The third kappa shape index (κ3) is 4.66. The minimum Gasteiger partial charge on any atom is -0.481 e. The van der Waals surface area contributed by atoms with Gasteiger partial charge in [-0.2, -0.15) is 4.98 Å². The number of aryl methyl sites for hydroxylation is 1. The van der Waals surface area contributed by atoms with E-state index in [0.29, 0.717) is 11.8 Å². The van der Waals surface area contributed by atoms with Crippen LogP contribution in [0.15, 0.2) is 6.07 Å². The highest BCUT2D eigenvalue weighted by Gasteiger charge is 2.02. The molecule has 0 aliphatic carbocycles. The van der Waals surface area contributed by atoms with Gasteiger partial charge in [-0.3, -0.25) is 0 Å². The molecule has 1 N–H and O–H groups in total. The zero-order chi connectivity index (χ0) is 12.0. The Morgan fingerprint density at radius 1 is 1.50 bits per heavy atom. The number of hydrogen-bond acceptors (Lipinski definition) is 4. The maximum absolute atomic E-state index is 5.85. The smallest absolute Gasteiger partial charge is 0.226 e. The zero-order valence-electron chi connectivity index (χ0n) is 9.96. The maximum atomic E-state index is 5.85. The van der Waals surface area contributed by atoms with E-state index >= 15 is 0 Å². The second kappa shape index (κ2) is 6.53. The minimum atomic E-state index is 0.217. The molecule has 5 heteroatoms. The highest BCUT2D eigenvalue weighted by Crippen LogP contribution is 2.11. The number of alkyl halides is 1. The van der Waals surface area contributed by atoms with E-state index in [1.54, 1.807) is 13.2 Å². The van der Waals surface area contributed by atoms with Gasteiger partial charge in [0.15, 0.2) is 0 Å². The van der Waals surface area contributed by atoms with Crippen molar-refractivity contribution < 1.29 is 4.74 Å². The molecular weight excluding hydrogens is 226 g/mol. The van der Waals surface area contributed by atoms with Gasteiger partial charge in [-0.1, -0.05) is 0 Å². The quantitative estimate of drug-likeness (QED) is 0.616. The van der Waals surface area contributed by atoms with Crippen LogP contribution in [0, 0.1) is 6.92 Å². The molecule has 1 unspecified atom stereocenters. The molecule has 0 amide bonds. The van der Waals surface area contributed by atoms with E-state index in [1.165, 1.54) is 0 Å². The average molecular weight is 244 g/mol. The Balaban J connectivity index is 2.44. The van der Waals surface area contributed by atoms with Gasteiger partial charge in [0.2, 0.25) is 11.8 Å². The third-order valence-corrected chi connectivity index (χ3v) is 2.32. The fourth-order valence-corrected chi connectivity index (χ4v) is 1.46. The number of rotatable bonds is 6. The zero-order valence-corrected chi connectivity index (χ0v) is 10.7. The van der Waals surface area contributed by atoms with E-state index in [4.69, 9.17) is 16.3 Å². The molecule has 16 heavy (non-hydrogen) atoms. The van der Waals surface area contributed by atoms with Crippen molar-refractivity contribution in [2.45, 2.75) is 32.1 Å². The number of methoxy groups -OCH3 is 1. The van der Waals surface area contributed by atoms with Crippen LogP contribution < -0.4 is 10.1 Å². The molecule has 1 aromatic rings. The first kappa shape index (κ1) is 13.0. The van der Waals surface area contributed by atoms with Gasteiger partial charge in [-0.15, -0.1) is 11.6 Å². The molecule has 90 valence electrons. The lowest BCUT2D eigenvalue weighted by Crippen LogP contribution is -2.08. The highest BCUT2D eigenvalue weighted by molar-refractivity contribution is 6.20. The first-order valence-corrected chi connectivity index (χ1v) is 5.83. The summed E-state index contributed by atoms with van der Waals surface area (Å²) in [5.41, 5.74) is 0.889. The van der Waals surface area contributed by atoms with Gasteiger partial charge in [-0.05, 0) is 26.7 Å². The monoisotopic (exact) mass is 243 g/mol. The molecule has 1 aromatic heterocycles. The molecular formula is C11H18ClN3O. The summed E-state index contributed by atoms with van der Waals surface area (Å²) >= 11 is 5.85. The van der Waals surface area contributed by atoms with Crippen LogP contribution >= 0.6 is 11.6 Å². The molecule has 0 aromatic carbocycles. The lowest BCUT2D eigenvalue weighted by molar-refractivity contribution is 0.397. The van der Waals surface area contributed by atoms with Crippen molar-refractivity contribution in [2.75, 3.05) is 19.0 Å². The Morgan fingerprint density at radius 3 is 2.88 bits per heavy atom. The third-order valence-electron chi connectivity index (χ3n) is 2.10. The molecule has 0 radical (unpaired) electrons. The second-order valence-electron chi connectivity index (χ2n) is 3.73. The molecule has 0 aliphatic heterocycles. The van der Waals surface area contributed by atoms with Crippen LogP contribution in [0.2, 0.25) is 0 Å². The maximum Gasteiger partial charge on any atom is 0.226 e. The molecule has 0 bridgehead atoms. The summed E-state index contributed by atoms with van der Waals surface area (Å²) in [6.45, 7) is 4.73. The van der Waals surface area contributed by atoms with Crippen molar-refractivity contribution in [3.8, 4) is 5.88 Å². The van der Waals surface area contributed by atoms with Crippen LogP contribution in [0.5, 0.6) is 5.88 Å². The van der Waals surface area contributed by atoms with Gasteiger partial charge in [0.25, 0.3) is 0 Å². The summed E-state index contributed by atoms with van der Waals surface area (Å²) in [6.07, 6.45) is 1.99. The topological polar surface area (TPSA) is 47.0 Å². The van der Waals surface area contributed by atoms with E-state index in [9.17, 15) is 0 Å². The van der Waals surface area contributed by atoms with E-state index in [2.05, 4.69) is 15.3 Å². The highest BCUT2D eigenvalue weighted by atomic mass is 35.5. The number of aromatic nitrogens is 2. The van der Waals surface area contributed by atoms with Gasteiger partial charge >= 0.3 is 0 Å². The number of nitrogens with zero attached hydrogens (tertiary/aromatic N) is 2. The number of ether oxygens (including phenoxy) is 1. The van der Waals surface area contributed by atoms with E-state index in [-0.39, 0.29) is 5.38 Å². The second-order valence-corrected chi connectivity index (χ2v) is 4.47. The number of hydrogen-bond donors (Lipinski definition) is 1. The number of halogens is 1. The Bertz CT molecular complexity index is 331. The SMILES string of the molecule is COc1cc(C)nc(NCCCC(C)Cl)n1. The first-order chi connectivity index (χ1) is 7.61. The predicted molar refractivity (Wildman–Crippen MR) is 66.4 cm³/mol. The number of anilines is 1. The van der Waals surface area contributed by atoms with Gasteiger partial charge in [0.05, 0.1) is 7.11 Å². The number of nitrogens with one attached hydrogen (secondary N) is 1. The fraction of sp³-hybridized carbons (Fsp3) is 0.636. The Labute approximate surface area is 101 Å². The molecule has 1 atom stereocenters. The van der Waals surface area contributed by atoms with Gasteiger partial charge in [0, 0.05) is 23.7 Å². The standard InChI is InChI=1S/C11H18ClN3O/c1-8(12)5-4-6-13-11-14-9(2)7-10(15-11)16-3/h7-8H,4-6H2,1-3H3,(H,13,14,15). The molecule has 4 nitrogen and oxygen atoms in total. The Hall–Kier alpha value is -1.03. The lowest BCUT2D eigenvalue weighted by atomic mass is 10.2. The Kier molecular flexibility index (Phi) is 5.32. The van der Waals surface area contributed by atoms with Crippen LogP contribution in [-0.4, -0.2) is 29.0 Å².